The fourth-order valence-corrected chi connectivity index (χ4v) is 6.04. The van der Waals surface area contributed by atoms with Crippen molar-refractivity contribution < 1.29 is 9.59 Å². The number of anilines is 2. The third-order valence-electron chi connectivity index (χ3n) is 7.54. The number of carbonyl (C=O) groups excluding carboxylic acids is 2. The van der Waals surface area contributed by atoms with Crippen LogP contribution < -0.4 is 15.4 Å². The number of benzene rings is 2. The van der Waals surface area contributed by atoms with Crippen LogP contribution in [0.25, 0.3) is 10.8 Å². The molecule has 3 heterocycles. The zero-order valence-corrected chi connectivity index (χ0v) is 23.7. The van der Waals surface area contributed by atoms with Gasteiger partial charge in [0.25, 0.3) is 5.56 Å². The van der Waals surface area contributed by atoms with Gasteiger partial charge in [-0.2, -0.15) is 0 Å². The molecular weight excluding hydrogens is 508 g/mol. The molecule has 0 N–H and O–H groups in total. The fraction of sp³-hybridized carbons (Fsp3) is 0.323. The van der Waals surface area contributed by atoms with Gasteiger partial charge in [0.05, 0.1) is 11.4 Å². The number of aromatic nitrogens is 1. The van der Waals surface area contributed by atoms with E-state index >= 15 is 0 Å². The lowest BCUT2D eigenvalue weighted by molar-refractivity contribution is -0.137. The zero-order chi connectivity index (χ0) is 27.7. The van der Waals surface area contributed by atoms with Crippen molar-refractivity contribution in [2.24, 2.45) is 5.41 Å². The summed E-state index contributed by atoms with van der Waals surface area (Å²) in [7, 11) is 1.74. The van der Waals surface area contributed by atoms with Gasteiger partial charge in [0, 0.05) is 56.2 Å². The van der Waals surface area contributed by atoms with Crippen molar-refractivity contribution in [2.45, 2.75) is 40.4 Å². The first-order valence-corrected chi connectivity index (χ1v) is 14.1. The van der Waals surface area contributed by atoms with Gasteiger partial charge in [-0.15, -0.1) is 11.3 Å². The van der Waals surface area contributed by atoms with E-state index in [9.17, 15) is 14.4 Å². The second-order valence-corrected chi connectivity index (χ2v) is 11.6. The number of fused-ring (bicyclic) bond motifs is 2. The minimum absolute atomic E-state index is 0.0151. The van der Waals surface area contributed by atoms with Crippen LogP contribution in [0.3, 0.4) is 0 Å². The van der Waals surface area contributed by atoms with Gasteiger partial charge in [0.15, 0.2) is 0 Å². The Morgan fingerprint density at radius 2 is 1.69 bits per heavy atom. The average Bonchev–Trinajstić information content (AvgIpc) is 3.44. The Kier molecular flexibility index (Phi) is 7.42. The van der Waals surface area contributed by atoms with Gasteiger partial charge in [0.1, 0.15) is 5.41 Å². The maximum atomic E-state index is 13.3. The quantitative estimate of drug-likeness (QED) is 0.290. The summed E-state index contributed by atoms with van der Waals surface area (Å²) in [6.07, 6.45) is 1.87. The Labute approximate surface area is 232 Å². The molecule has 0 saturated carbocycles. The maximum Gasteiger partial charge on any atom is 0.258 e. The van der Waals surface area contributed by atoms with Crippen LogP contribution in [0, 0.1) is 5.41 Å². The monoisotopic (exact) mass is 542 g/mol. The van der Waals surface area contributed by atoms with Gasteiger partial charge >= 0.3 is 0 Å². The molecule has 8 heteroatoms. The van der Waals surface area contributed by atoms with Gasteiger partial charge in [-0.1, -0.05) is 30.3 Å². The van der Waals surface area contributed by atoms with Crippen LogP contribution in [0.1, 0.15) is 31.2 Å². The lowest BCUT2D eigenvalue weighted by atomic mass is 9.90. The van der Waals surface area contributed by atoms with E-state index in [1.165, 1.54) is 4.88 Å². The van der Waals surface area contributed by atoms with Crippen molar-refractivity contribution in [3.63, 3.8) is 0 Å². The first-order chi connectivity index (χ1) is 18.7. The van der Waals surface area contributed by atoms with E-state index in [0.29, 0.717) is 26.2 Å². The molecule has 4 aromatic rings. The minimum atomic E-state index is -1.14. The number of carbonyl (C=O) groups is 2. The molecule has 1 aliphatic rings. The average molecular weight is 543 g/mol. The molecule has 39 heavy (non-hydrogen) atoms. The molecule has 0 fully saturated rings. The maximum absolute atomic E-state index is 13.3. The van der Waals surface area contributed by atoms with Crippen LogP contribution in [0.5, 0.6) is 0 Å². The molecule has 2 amide bonds. The number of hydrogen-bond acceptors (Lipinski definition) is 5. The van der Waals surface area contributed by atoms with E-state index < -0.39 is 5.41 Å². The van der Waals surface area contributed by atoms with Gasteiger partial charge in [0.2, 0.25) is 11.8 Å². The van der Waals surface area contributed by atoms with Gasteiger partial charge < -0.3 is 14.4 Å². The Hall–Kier alpha value is -3.75. The molecule has 0 atom stereocenters. The van der Waals surface area contributed by atoms with E-state index in [2.05, 4.69) is 16.3 Å². The first-order valence-electron chi connectivity index (χ1n) is 13.3. The van der Waals surface area contributed by atoms with E-state index in [1.54, 1.807) is 46.6 Å². The molecule has 0 spiro atoms. The number of nitrogens with zero attached hydrogens (tertiary/aromatic N) is 4. The SMILES string of the molecule is CCN1C(=O)C(C)(C)C(=O)N(C)c2cc(CN(CCn3ccc4ccccc4c3=O)Cc3cccs3)ccc21. The summed E-state index contributed by atoms with van der Waals surface area (Å²) in [5.41, 5.74) is 1.41. The predicted octanol–water partition coefficient (Wildman–Crippen LogP) is 5.12. The van der Waals surface area contributed by atoms with Crippen LogP contribution in [-0.2, 0) is 29.2 Å². The Morgan fingerprint density at radius 3 is 2.44 bits per heavy atom. The van der Waals surface area contributed by atoms with Crippen molar-refractivity contribution in [1.82, 2.24) is 9.47 Å². The lowest BCUT2D eigenvalue weighted by Crippen LogP contribution is -2.47. The summed E-state index contributed by atoms with van der Waals surface area (Å²) in [6.45, 7) is 8.43. The summed E-state index contributed by atoms with van der Waals surface area (Å²) in [4.78, 5) is 46.5. The number of rotatable bonds is 8. The molecule has 202 valence electrons. The van der Waals surface area contributed by atoms with Crippen molar-refractivity contribution in [2.75, 3.05) is 29.9 Å². The molecule has 0 bridgehead atoms. The van der Waals surface area contributed by atoms with E-state index in [4.69, 9.17) is 0 Å². The normalized spacial score (nSPS) is 15.2. The molecule has 0 unspecified atom stereocenters. The van der Waals surface area contributed by atoms with Crippen molar-refractivity contribution >= 4 is 45.3 Å². The largest absolute Gasteiger partial charge is 0.314 e. The molecule has 2 aromatic carbocycles. The lowest BCUT2D eigenvalue weighted by Gasteiger charge is -2.27. The van der Waals surface area contributed by atoms with Crippen molar-refractivity contribution in [1.29, 1.82) is 0 Å². The third-order valence-corrected chi connectivity index (χ3v) is 8.40. The van der Waals surface area contributed by atoms with Gasteiger partial charge in [-0.25, -0.2) is 0 Å². The number of pyridine rings is 1. The molecular formula is C31H34N4O3S. The third kappa shape index (κ3) is 5.14. The number of thiophene rings is 1. The summed E-state index contributed by atoms with van der Waals surface area (Å²) >= 11 is 1.71. The molecule has 1 aliphatic heterocycles. The Morgan fingerprint density at radius 1 is 0.897 bits per heavy atom. The highest BCUT2D eigenvalue weighted by molar-refractivity contribution is 7.09. The molecule has 0 saturated heterocycles. The van der Waals surface area contributed by atoms with Gasteiger partial charge in [-0.05, 0) is 67.4 Å². The second-order valence-electron chi connectivity index (χ2n) is 10.6. The highest BCUT2D eigenvalue weighted by Crippen LogP contribution is 2.39. The molecule has 7 nitrogen and oxygen atoms in total. The highest BCUT2D eigenvalue weighted by Gasteiger charge is 2.45. The number of amides is 2. The number of hydrogen-bond donors (Lipinski definition) is 0. The summed E-state index contributed by atoms with van der Waals surface area (Å²) < 4.78 is 1.78. The zero-order valence-electron chi connectivity index (χ0n) is 22.9. The topological polar surface area (TPSA) is 65.9 Å². The standard InChI is InChI=1S/C31H34N4O3S/c1-5-35-26-13-12-22(19-27(26)32(4)29(37)31(2,3)30(35)38)20-33(21-24-10-8-18-39-24)16-17-34-15-14-23-9-6-7-11-25(23)28(34)36/h6-15,18-19H,5,16-17,20-21H2,1-4H3. The highest BCUT2D eigenvalue weighted by atomic mass is 32.1. The predicted molar refractivity (Wildman–Crippen MR) is 158 cm³/mol. The van der Waals surface area contributed by atoms with Crippen LogP contribution >= 0.6 is 11.3 Å². The summed E-state index contributed by atoms with van der Waals surface area (Å²) in [6, 6.07) is 19.8. The first kappa shape index (κ1) is 26.8. The fourth-order valence-electron chi connectivity index (χ4n) is 5.30. The van der Waals surface area contributed by atoms with E-state index in [-0.39, 0.29) is 17.4 Å². The Balaban J connectivity index is 1.43. The van der Waals surface area contributed by atoms with Crippen molar-refractivity contribution in [3.8, 4) is 0 Å². The van der Waals surface area contributed by atoms with Crippen molar-refractivity contribution in [3.05, 3.63) is 93.0 Å². The molecule has 0 aliphatic carbocycles. The second kappa shape index (κ2) is 10.8. The molecule has 5 rings (SSSR count). The van der Waals surface area contributed by atoms with Gasteiger partial charge in [-0.3, -0.25) is 19.3 Å². The minimum Gasteiger partial charge on any atom is -0.314 e. The summed E-state index contributed by atoms with van der Waals surface area (Å²) in [5.74, 6) is -0.401. The molecule has 0 radical (unpaired) electrons. The Bertz CT molecular complexity index is 1570. The molecule has 2 aromatic heterocycles. The smallest absolute Gasteiger partial charge is 0.258 e. The van der Waals surface area contributed by atoms with E-state index in [0.717, 1.165) is 34.3 Å². The van der Waals surface area contributed by atoms with Crippen LogP contribution in [0.4, 0.5) is 11.4 Å². The van der Waals surface area contributed by atoms with E-state index in [1.807, 2.05) is 67.7 Å². The van der Waals surface area contributed by atoms with Crippen LogP contribution in [-0.4, -0.2) is 41.4 Å². The summed E-state index contributed by atoms with van der Waals surface area (Å²) in [5, 5.41) is 3.74. The van der Waals surface area contributed by atoms with Crippen LogP contribution in [0.15, 0.2) is 77.0 Å². The van der Waals surface area contributed by atoms with Crippen LogP contribution in [0.2, 0.25) is 0 Å².